The summed E-state index contributed by atoms with van der Waals surface area (Å²) in [5.41, 5.74) is 9.89. The Morgan fingerprint density at radius 3 is 2.11 bits per heavy atom. The summed E-state index contributed by atoms with van der Waals surface area (Å²) in [6.07, 6.45) is 1.32. The third kappa shape index (κ3) is 9.13. The molecular weight excluding hydrogens is 1000 g/mol. The van der Waals surface area contributed by atoms with Crippen molar-refractivity contribution in [3.05, 3.63) is 186 Å². The van der Waals surface area contributed by atoms with E-state index in [9.17, 15) is 2.74 Å². The largest absolute Gasteiger partial charge is 0.486 e. The fraction of sp³-hybridized carbons (Fsp3) is 0.203. The molecular formula is C59H56IrN4OSi-2. The Hall–Kier alpha value is -6.24. The van der Waals surface area contributed by atoms with Crippen molar-refractivity contribution < 1.29 is 39.6 Å². The Labute approximate surface area is 419 Å². The maximum Gasteiger partial charge on any atom is 0.216 e. The van der Waals surface area contributed by atoms with Crippen LogP contribution in [0.4, 0.5) is 0 Å². The monoisotopic (exact) mass is 1070 g/mol. The van der Waals surface area contributed by atoms with E-state index in [4.69, 9.17) is 21.7 Å². The zero-order valence-electron chi connectivity index (χ0n) is 48.9. The molecule has 0 bridgehead atoms. The van der Waals surface area contributed by atoms with Gasteiger partial charge in [-0.25, -0.2) is 4.98 Å². The van der Waals surface area contributed by atoms with Crippen molar-refractivity contribution in [3.8, 4) is 50.6 Å². The third-order valence-corrected chi connectivity index (χ3v) is 13.7. The quantitative estimate of drug-likeness (QED) is 0.112. The van der Waals surface area contributed by atoms with Gasteiger partial charge in [0.15, 0.2) is 0 Å². The van der Waals surface area contributed by atoms with Crippen LogP contribution in [0.25, 0.3) is 83.7 Å². The molecule has 0 fully saturated rings. The van der Waals surface area contributed by atoms with Gasteiger partial charge >= 0.3 is 0 Å². The van der Waals surface area contributed by atoms with Gasteiger partial charge in [-0.15, -0.1) is 47.5 Å². The molecule has 0 spiro atoms. The van der Waals surface area contributed by atoms with Gasteiger partial charge in [-0.1, -0.05) is 155 Å². The summed E-state index contributed by atoms with van der Waals surface area (Å²) in [6.45, 7) is 7.66. The maximum absolute atomic E-state index is 9.48. The first-order valence-electron chi connectivity index (χ1n) is 27.1. The summed E-state index contributed by atoms with van der Waals surface area (Å²) in [5, 5.41) is 2.82. The van der Waals surface area contributed by atoms with Gasteiger partial charge in [0.25, 0.3) is 0 Å². The maximum atomic E-state index is 9.48. The summed E-state index contributed by atoms with van der Waals surface area (Å²) in [6, 6.07) is 49.6. The van der Waals surface area contributed by atoms with Crippen molar-refractivity contribution in [1.82, 2.24) is 19.5 Å². The van der Waals surface area contributed by atoms with Crippen LogP contribution in [0.2, 0.25) is 19.6 Å². The number of aromatic nitrogens is 4. The fourth-order valence-corrected chi connectivity index (χ4v) is 9.39. The Morgan fingerprint density at radius 2 is 1.44 bits per heavy atom. The fourth-order valence-electron chi connectivity index (χ4n) is 8.22. The minimum Gasteiger partial charge on any atom is -0.486 e. The van der Waals surface area contributed by atoms with E-state index >= 15 is 0 Å². The number of rotatable bonds is 8. The summed E-state index contributed by atoms with van der Waals surface area (Å²) in [7, 11) is -1.50. The molecule has 4 aromatic heterocycles. The van der Waals surface area contributed by atoms with Gasteiger partial charge in [0.1, 0.15) is 0 Å². The first kappa shape index (κ1) is 34.1. The minimum atomic E-state index is -2.38. The molecule has 7 heteroatoms. The molecule has 0 aliphatic carbocycles. The third-order valence-electron chi connectivity index (χ3n) is 11.7. The Kier molecular flexibility index (Phi) is 9.79. The van der Waals surface area contributed by atoms with E-state index in [2.05, 4.69) is 78.1 Å². The molecule has 4 heterocycles. The molecule has 0 saturated carbocycles. The summed E-state index contributed by atoms with van der Waals surface area (Å²) in [4.78, 5) is 13.7. The molecule has 0 saturated heterocycles. The molecule has 10 aromatic rings. The number of para-hydroxylation sites is 2. The van der Waals surface area contributed by atoms with Gasteiger partial charge in [-0.05, 0) is 101 Å². The first-order valence-corrected chi connectivity index (χ1v) is 25.1. The predicted molar refractivity (Wildman–Crippen MR) is 275 cm³/mol. The van der Waals surface area contributed by atoms with E-state index in [0.29, 0.717) is 39.2 Å². The van der Waals surface area contributed by atoms with E-state index in [1.165, 1.54) is 29.6 Å². The zero-order valence-corrected chi connectivity index (χ0v) is 41.3. The number of nitrogens with zero attached hydrogens (tertiary/aromatic N) is 4. The van der Waals surface area contributed by atoms with Gasteiger partial charge in [0, 0.05) is 58.1 Å². The van der Waals surface area contributed by atoms with Crippen molar-refractivity contribution in [2.45, 2.75) is 79.7 Å². The van der Waals surface area contributed by atoms with Crippen molar-refractivity contribution in [3.63, 3.8) is 0 Å². The number of benzene rings is 6. The molecule has 0 aliphatic rings. The van der Waals surface area contributed by atoms with Gasteiger partial charge in [-0.2, -0.15) is 0 Å². The minimum absolute atomic E-state index is 0. The molecule has 10 rings (SSSR count). The van der Waals surface area contributed by atoms with E-state index in [0.717, 1.165) is 49.9 Å². The molecule has 1 radical (unpaired) electrons. The molecule has 0 unspecified atom stereocenters. The van der Waals surface area contributed by atoms with Crippen LogP contribution >= 0.6 is 0 Å². The first-order chi connectivity index (χ1) is 35.5. The van der Waals surface area contributed by atoms with Crippen LogP contribution in [0.15, 0.2) is 150 Å². The second kappa shape index (κ2) is 18.9. The second-order valence-electron chi connectivity index (χ2n) is 17.7. The SMILES string of the molecule is [2H]C([2H])([2H])c1ccc(-c2[c-]cc(C([2H])([2H])[2H])c(-c3ccccc3)c2)nc1.[2H]C([2H])([2H])c1ccc2c(n1)oc1c(-c3nc4ccccc4n3-c3c(C([2H])(C)C)cc(-c4ccc([Si](C)(C)C)cc4)cc3C([2H])(C)C)[c-]ccc12.[Ir]. The Balaban J connectivity index is 0.000000245. The zero-order chi connectivity index (χ0) is 54.9. The number of fused-ring (bicyclic) bond motifs is 4. The average molecular weight is 1070 g/mol. The molecule has 0 amide bonds. The van der Waals surface area contributed by atoms with E-state index in [1.54, 1.807) is 18.2 Å². The molecule has 66 heavy (non-hydrogen) atoms. The predicted octanol–water partition coefficient (Wildman–Crippen LogP) is 15.4. The van der Waals surface area contributed by atoms with Crippen LogP contribution in [0.3, 0.4) is 0 Å². The molecule has 0 N–H and O–H groups in total. The Bertz CT molecular complexity index is 3740. The second-order valence-corrected chi connectivity index (χ2v) is 22.8. The van der Waals surface area contributed by atoms with Crippen LogP contribution in [0.1, 0.15) is 82.5 Å². The number of hydrogen-bond acceptors (Lipinski definition) is 4. The van der Waals surface area contributed by atoms with Crippen molar-refractivity contribution >= 4 is 46.4 Å². The topological polar surface area (TPSA) is 56.7 Å². The van der Waals surface area contributed by atoms with Crippen LogP contribution < -0.4 is 5.19 Å². The average Bonchev–Trinajstić information content (AvgIpc) is 3.93. The van der Waals surface area contributed by atoms with Crippen LogP contribution in [-0.2, 0) is 20.1 Å². The van der Waals surface area contributed by atoms with E-state index in [1.807, 2.05) is 99.0 Å². The van der Waals surface area contributed by atoms with Crippen LogP contribution in [0, 0.1) is 32.7 Å². The van der Waals surface area contributed by atoms with Crippen molar-refractivity contribution in [1.29, 1.82) is 0 Å². The van der Waals surface area contributed by atoms with Crippen LogP contribution in [-0.4, -0.2) is 27.6 Å². The summed E-state index contributed by atoms with van der Waals surface area (Å²) < 4.78 is 96.5. The van der Waals surface area contributed by atoms with Gasteiger partial charge in [0.2, 0.25) is 5.71 Å². The molecule has 333 valence electrons. The van der Waals surface area contributed by atoms with E-state index < -0.39 is 40.4 Å². The summed E-state index contributed by atoms with van der Waals surface area (Å²) >= 11 is 0. The number of imidazole rings is 1. The number of hydrogen-bond donors (Lipinski definition) is 0. The van der Waals surface area contributed by atoms with Crippen molar-refractivity contribution in [2.24, 2.45) is 0 Å². The Morgan fingerprint density at radius 1 is 0.697 bits per heavy atom. The molecule has 5 nitrogen and oxygen atoms in total. The van der Waals surface area contributed by atoms with Crippen molar-refractivity contribution in [2.75, 3.05) is 0 Å². The number of pyridine rings is 2. The molecule has 0 atom stereocenters. The van der Waals surface area contributed by atoms with Gasteiger partial charge in [-0.3, -0.25) is 4.98 Å². The molecule has 0 aliphatic heterocycles. The number of furan rings is 1. The number of aryl methyl sites for hydroxylation is 3. The normalized spacial score (nSPS) is 15.0. The standard InChI is InChI=1S/C40H40N3OSi.C19H16N.Ir/c1-24(2)33-22-28(27-17-19-29(20-18-27)45(6,7)8)23-34(25(3)4)37(33)43-36-15-10-9-14-35(36)42-39(43)32-13-11-12-30-31-21-16-26(5)41-40(31)44-38(30)32;1-14-8-11-19(20-13-14)17-10-9-15(2)18(12-17)16-6-4-3-5-7-16;/h9-12,14-25H,1-8H3;3-9,11-13H,1-2H3;/q2*-1;/i5D3,24D,25D;1D3,2D3;. The van der Waals surface area contributed by atoms with Gasteiger partial charge < -0.3 is 14.0 Å². The van der Waals surface area contributed by atoms with Gasteiger partial charge in [0.05, 0.1) is 30.5 Å². The van der Waals surface area contributed by atoms with Crippen LogP contribution in [0.5, 0.6) is 0 Å². The van der Waals surface area contributed by atoms with E-state index in [-0.39, 0.29) is 42.6 Å². The summed E-state index contributed by atoms with van der Waals surface area (Å²) in [5.74, 6) is -1.58. The molecule has 6 aromatic carbocycles. The smallest absolute Gasteiger partial charge is 0.216 e.